The van der Waals surface area contributed by atoms with Gasteiger partial charge in [0.2, 0.25) is 11.8 Å². The van der Waals surface area contributed by atoms with Crippen LogP contribution in [0.1, 0.15) is 44.4 Å². The topological polar surface area (TPSA) is 61.4 Å². The van der Waals surface area contributed by atoms with Crippen LogP contribution in [0.25, 0.3) is 0 Å². The van der Waals surface area contributed by atoms with Gasteiger partial charge in [-0.15, -0.1) is 0 Å². The van der Waals surface area contributed by atoms with Gasteiger partial charge in [-0.2, -0.15) is 0 Å². The first-order chi connectivity index (χ1) is 11.4. The summed E-state index contributed by atoms with van der Waals surface area (Å²) in [6, 6.07) is 8.71. The van der Waals surface area contributed by atoms with Crippen molar-refractivity contribution in [3.8, 4) is 0 Å². The van der Waals surface area contributed by atoms with Gasteiger partial charge in [-0.1, -0.05) is 51.5 Å². The summed E-state index contributed by atoms with van der Waals surface area (Å²) in [5.74, 6) is 0.101. The maximum Gasteiger partial charge on any atom is 0.239 e. The number of carbonyl (C=O) groups is 2. The smallest absolute Gasteiger partial charge is 0.239 e. The maximum atomic E-state index is 12.2. The lowest BCUT2D eigenvalue weighted by Gasteiger charge is -2.24. The van der Waals surface area contributed by atoms with E-state index in [0.717, 1.165) is 12.8 Å². The van der Waals surface area contributed by atoms with E-state index in [1.807, 2.05) is 0 Å². The molecule has 0 aliphatic heterocycles. The van der Waals surface area contributed by atoms with Crippen LogP contribution in [0.15, 0.2) is 24.3 Å². The van der Waals surface area contributed by atoms with Crippen molar-refractivity contribution in [1.29, 1.82) is 0 Å². The van der Waals surface area contributed by atoms with Gasteiger partial charge in [-0.3, -0.25) is 9.59 Å². The van der Waals surface area contributed by atoms with Crippen LogP contribution in [0.5, 0.6) is 0 Å². The molecule has 1 rings (SSSR count). The first kappa shape index (κ1) is 20.2. The number of aryl methyl sites for hydroxylation is 1. The minimum Gasteiger partial charge on any atom is -0.358 e. The molecule has 134 valence electrons. The van der Waals surface area contributed by atoms with E-state index in [1.165, 1.54) is 16.0 Å². The quantitative estimate of drug-likeness (QED) is 0.728. The van der Waals surface area contributed by atoms with Gasteiger partial charge in [0.1, 0.15) is 0 Å². The number of amides is 2. The molecule has 0 heterocycles. The third kappa shape index (κ3) is 6.32. The van der Waals surface area contributed by atoms with Crippen LogP contribution in [0.3, 0.4) is 0 Å². The average Bonchev–Trinajstić information content (AvgIpc) is 2.56. The Hall–Kier alpha value is -1.88. The van der Waals surface area contributed by atoms with Crippen LogP contribution in [0, 0.1) is 5.92 Å². The second-order valence-electron chi connectivity index (χ2n) is 6.52. The summed E-state index contributed by atoms with van der Waals surface area (Å²) in [4.78, 5) is 25.0. The fourth-order valence-electron chi connectivity index (χ4n) is 2.63. The molecule has 1 aromatic rings. The standard InChI is InChI=1S/C19H31N3O2/c1-6-7-15-8-10-16(11-9-15)19(14(2)3)21-12-18(24)22(5)13-17(23)20-4/h8-11,14,19,21H,6-7,12-13H2,1-5H3,(H,20,23)/t19-/m0/s1. The van der Waals surface area contributed by atoms with Crippen molar-refractivity contribution in [3.05, 3.63) is 35.4 Å². The van der Waals surface area contributed by atoms with Gasteiger partial charge in [0.25, 0.3) is 0 Å². The predicted molar refractivity (Wildman–Crippen MR) is 97.7 cm³/mol. The van der Waals surface area contributed by atoms with Crippen LogP contribution < -0.4 is 10.6 Å². The van der Waals surface area contributed by atoms with E-state index >= 15 is 0 Å². The summed E-state index contributed by atoms with van der Waals surface area (Å²) in [5, 5.41) is 5.86. The molecule has 0 spiro atoms. The van der Waals surface area contributed by atoms with E-state index in [4.69, 9.17) is 0 Å². The number of rotatable bonds is 9. The Labute approximate surface area is 145 Å². The summed E-state index contributed by atoms with van der Waals surface area (Å²) in [6.45, 7) is 6.74. The molecule has 1 aromatic carbocycles. The molecule has 5 nitrogen and oxygen atoms in total. The van der Waals surface area contributed by atoms with Crippen molar-refractivity contribution < 1.29 is 9.59 Å². The molecule has 1 atom stereocenters. The second kappa shape index (κ2) is 10.1. The monoisotopic (exact) mass is 333 g/mol. The SMILES string of the molecule is CCCc1ccc([C@@H](NCC(=O)N(C)CC(=O)NC)C(C)C)cc1. The molecule has 0 aliphatic carbocycles. The summed E-state index contributed by atoms with van der Waals surface area (Å²) in [6.07, 6.45) is 2.22. The number of hydrogen-bond acceptors (Lipinski definition) is 3. The molecule has 0 fully saturated rings. The van der Waals surface area contributed by atoms with E-state index in [2.05, 4.69) is 55.7 Å². The van der Waals surface area contributed by atoms with Crippen LogP contribution >= 0.6 is 0 Å². The molecule has 2 amide bonds. The number of nitrogens with one attached hydrogen (secondary N) is 2. The Morgan fingerprint density at radius 1 is 1.17 bits per heavy atom. The van der Waals surface area contributed by atoms with Gasteiger partial charge < -0.3 is 15.5 Å². The van der Waals surface area contributed by atoms with E-state index in [9.17, 15) is 9.59 Å². The highest BCUT2D eigenvalue weighted by molar-refractivity contribution is 5.85. The first-order valence-electron chi connectivity index (χ1n) is 8.65. The molecule has 0 saturated heterocycles. The van der Waals surface area contributed by atoms with Gasteiger partial charge in [0, 0.05) is 20.1 Å². The second-order valence-corrected chi connectivity index (χ2v) is 6.52. The van der Waals surface area contributed by atoms with Crippen molar-refractivity contribution in [2.75, 3.05) is 27.2 Å². The molecule has 0 aliphatic rings. The highest BCUT2D eigenvalue weighted by Gasteiger charge is 2.18. The Bertz CT molecular complexity index is 526. The molecular weight excluding hydrogens is 302 g/mol. The number of likely N-dealkylation sites (N-methyl/N-ethyl adjacent to an activating group) is 2. The summed E-state index contributed by atoms with van der Waals surface area (Å²) in [5.41, 5.74) is 2.52. The molecule has 0 bridgehead atoms. The molecule has 0 unspecified atom stereocenters. The van der Waals surface area contributed by atoms with Crippen molar-refractivity contribution in [3.63, 3.8) is 0 Å². The molecule has 0 aromatic heterocycles. The van der Waals surface area contributed by atoms with Gasteiger partial charge in [-0.05, 0) is 23.5 Å². The first-order valence-corrected chi connectivity index (χ1v) is 8.65. The lowest BCUT2D eigenvalue weighted by molar-refractivity contribution is -0.134. The van der Waals surface area contributed by atoms with E-state index < -0.39 is 0 Å². The Morgan fingerprint density at radius 3 is 2.29 bits per heavy atom. The fraction of sp³-hybridized carbons (Fsp3) is 0.579. The van der Waals surface area contributed by atoms with Crippen molar-refractivity contribution in [2.45, 2.75) is 39.7 Å². The Kier molecular flexibility index (Phi) is 8.47. The maximum absolute atomic E-state index is 12.2. The number of benzene rings is 1. The highest BCUT2D eigenvalue weighted by atomic mass is 16.2. The largest absolute Gasteiger partial charge is 0.358 e. The molecule has 0 saturated carbocycles. The molecule has 5 heteroatoms. The van der Waals surface area contributed by atoms with Crippen LogP contribution in [-0.2, 0) is 16.0 Å². The fourth-order valence-corrected chi connectivity index (χ4v) is 2.63. The van der Waals surface area contributed by atoms with E-state index in [0.29, 0.717) is 5.92 Å². The normalized spacial score (nSPS) is 12.1. The number of hydrogen-bond donors (Lipinski definition) is 2. The summed E-state index contributed by atoms with van der Waals surface area (Å²) >= 11 is 0. The third-order valence-corrected chi connectivity index (χ3v) is 4.10. The van der Waals surface area contributed by atoms with Gasteiger partial charge in [0.05, 0.1) is 13.1 Å². The van der Waals surface area contributed by atoms with E-state index in [-0.39, 0.29) is 30.9 Å². The third-order valence-electron chi connectivity index (χ3n) is 4.10. The molecule has 24 heavy (non-hydrogen) atoms. The Morgan fingerprint density at radius 2 is 1.79 bits per heavy atom. The highest BCUT2D eigenvalue weighted by Crippen LogP contribution is 2.22. The van der Waals surface area contributed by atoms with Crippen LogP contribution in [0.2, 0.25) is 0 Å². The lowest BCUT2D eigenvalue weighted by Crippen LogP contribution is -2.42. The van der Waals surface area contributed by atoms with Crippen LogP contribution in [-0.4, -0.2) is 43.9 Å². The van der Waals surface area contributed by atoms with Crippen molar-refractivity contribution in [2.24, 2.45) is 5.92 Å². The van der Waals surface area contributed by atoms with Crippen LogP contribution in [0.4, 0.5) is 0 Å². The van der Waals surface area contributed by atoms with Crippen molar-refractivity contribution in [1.82, 2.24) is 15.5 Å². The minimum atomic E-state index is -0.169. The zero-order valence-electron chi connectivity index (χ0n) is 15.6. The minimum absolute atomic E-state index is 0.0784. The van der Waals surface area contributed by atoms with Crippen molar-refractivity contribution >= 4 is 11.8 Å². The Balaban J connectivity index is 2.66. The number of nitrogens with zero attached hydrogens (tertiary/aromatic N) is 1. The van der Waals surface area contributed by atoms with Gasteiger partial charge in [0.15, 0.2) is 0 Å². The molecule has 0 radical (unpaired) electrons. The molecular formula is C19H31N3O2. The van der Waals surface area contributed by atoms with E-state index in [1.54, 1.807) is 14.1 Å². The number of carbonyl (C=O) groups excluding carboxylic acids is 2. The summed E-state index contributed by atoms with van der Waals surface area (Å²) in [7, 11) is 3.21. The molecule has 2 N–H and O–H groups in total. The summed E-state index contributed by atoms with van der Waals surface area (Å²) < 4.78 is 0. The lowest BCUT2D eigenvalue weighted by atomic mass is 9.94. The average molecular weight is 333 g/mol. The predicted octanol–water partition coefficient (Wildman–Crippen LogP) is 2.13. The zero-order chi connectivity index (χ0) is 18.1. The zero-order valence-corrected chi connectivity index (χ0v) is 15.6. The van der Waals surface area contributed by atoms with Gasteiger partial charge in [-0.25, -0.2) is 0 Å². The van der Waals surface area contributed by atoms with Gasteiger partial charge >= 0.3 is 0 Å².